The quantitative estimate of drug-likeness (QED) is 0.471. The summed E-state index contributed by atoms with van der Waals surface area (Å²) in [5.41, 5.74) is 3.16. The lowest BCUT2D eigenvalue weighted by Crippen LogP contribution is -2.28. The molecule has 0 unspecified atom stereocenters. The minimum atomic E-state index is -0.175. The van der Waals surface area contributed by atoms with Gasteiger partial charge in [0.25, 0.3) is 5.91 Å². The fourth-order valence-corrected chi connectivity index (χ4v) is 4.82. The largest absolute Gasteiger partial charge is 0.274 e. The molecule has 0 N–H and O–H groups in total. The molecule has 0 saturated heterocycles. The lowest BCUT2D eigenvalue weighted by Gasteiger charge is -2.17. The van der Waals surface area contributed by atoms with Crippen LogP contribution in [0.3, 0.4) is 0 Å². The van der Waals surface area contributed by atoms with E-state index in [-0.39, 0.29) is 17.9 Å². The van der Waals surface area contributed by atoms with Crippen LogP contribution >= 0.6 is 11.3 Å². The van der Waals surface area contributed by atoms with Gasteiger partial charge in [-0.1, -0.05) is 37.5 Å². The Labute approximate surface area is 197 Å². The van der Waals surface area contributed by atoms with Gasteiger partial charge in [-0.15, -0.1) is 11.3 Å². The second-order valence-corrected chi connectivity index (χ2v) is 9.11. The number of anilines is 2. The summed E-state index contributed by atoms with van der Waals surface area (Å²) < 4.78 is 1.59. The van der Waals surface area contributed by atoms with E-state index in [4.69, 9.17) is 4.99 Å². The summed E-state index contributed by atoms with van der Waals surface area (Å²) >= 11 is 1.36. The van der Waals surface area contributed by atoms with Crippen molar-refractivity contribution in [3.8, 4) is 0 Å². The Balaban J connectivity index is 1.56. The predicted octanol–water partition coefficient (Wildman–Crippen LogP) is 5.52. The Hall–Kier alpha value is -3.32. The molecule has 2 heterocycles. The molecule has 1 aliphatic rings. The third kappa shape index (κ3) is 5.73. The van der Waals surface area contributed by atoms with Gasteiger partial charge >= 0.3 is 0 Å². The molecule has 3 aromatic rings. The molecule has 33 heavy (non-hydrogen) atoms. The summed E-state index contributed by atoms with van der Waals surface area (Å²) in [4.78, 5) is 36.2. The topological polar surface area (TPSA) is 67.6 Å². The van der Waals surface area contributed by atoms with Crippen LogP contribution in [-0.2, 0) is 4.79 Å². The fourth-order valence-electron chi connectivity index (χ4n) is 3.97. The number of hydrogen-bond acceptors (Lipinski definition) is 5. The molecule has 1 aliphatic carbocycles. The maximum absolute atomic E-state index is 13.0. The first-order valence-electron chi connectivity index (χ1n) is 11.3. The number of allylic oxidation sites excluding steroid dienone is 1. The lowest BCUT2D eigenvalue weighted by atomic mass is 9.96. The summed E-state index contributed by atoms with van der Waals surface area (Å²) in [7, 11) is 0. The number of thiazole rings is 1. The van der Waals surface area contributed by atoms with Crippen LogP contribution in [0.5, 0.6) is 0 Å². The van der Waals surface area contributed by atoms with Gasteiger partial charge in [-0.3, -0.25) is 24.0 Å². The Morgan fingerprint density at radius 1 is 1.15 bits per heavy atom. The Bertz CT molecular complexity index is 1220. The van der Waals surface area contributed by atoms with Crippen molar-refractivity contribution >= 4 is 40.0 Å². The van der Waals surface area contributed by atoms with Crippen LogP contribution < -0.4 is 10.4 Å². The Kier molecular flexibility index (Phi) is 7.29. The highest BCUT2D eigenvalue weighted by Crippen LogP contribution is 2.29. The van der Waals surface area contributed by atoms with Gasteiger partial charge in [0.1, 0.15) is 5.49 Å². The number of nitrogens with zero attached hydrogens (tertiary/aromatic N) is 4. The molecular formula is C26H28N4O2S. The predicted molar refractivity (Wildman–Crippen MR) is 133 cm³/mol. The van der Waals surface area contributed by atoms with Crippen molar-refractivity contribution in [3.63, 3.8) is 0 Å². The monoisotopic (exact) mass is 460 g/mol. The number of carbonyl (C=O) groups is 2. The van der Waals surface area contributed by atoms with E-state index in [0.29, 0.717) is 16.3 Å². The minimum Gasteiger partial charge on any atom is -0.274 e. The van der Waals surface area contributed by atoms with Gasteiger partial charge < -0.3 is 0 Å². The Morgan fingerprint density at radius 3 is 2.64 bits per heavy atom. The number of para-hydroxylation sites is 1. The summed E-state index contributed by atoms with van der Waals surface area (Å²) in [6, 6.07) is 13.6. The first kappa shape index (κ1) is 22.9. The number of amides is 1. The van der Waals surface area contributed by atoms with Crippen molar-refractivity contribution in [2.75, 3.05) is 4.90 Å². The van der Waals surface area contributed by atoms with E-state index < -0.39 is 0 Å². The normalized spacial score (nSPS) is 15.2. The van der Waals surface area contributed by atoms with Crippen molar-refractivity contribution in [2.45, 2.75) is 52.0 Å². The number of pyridine rings is 1. The van der Waals surface area contributed by atoms with Crippen molar-refractivity contribution < 1.29 is 9.59 Å². The molecule has 6 nitrogen and oxygen atoms in total. The van der Waals surface area contributed by atoms with Crippen LogP contribution in [0.25, 0.3) is 6.08 Å². The molecule has 7 heteroatoms. The van der Waals surface area contributed by atoms with Crippen LogP contribution in [0.4, 0.5) is 10.8 Å². The van der Waals surface area contributed by atoms with Gasteiger partial charge in [-0.25, -0.2) is 4.98 Å². The molecular weight excluding hydrogens is 432 g/mol. The molecule has 2 aromatic heterocycles. The highest BCUT2D eigenvalue weighted by molar-refractivity contribution is 7.14. The molecule has 1 aromatic carbocycles. The number of benzene rings is 1. The summed E-state index contributed by atoms with van der Waals surface area (Å²) in [6.45, 7) is 3.52. The standard InChI is InChI=1S/C26H28N4O2S/c1-19-15-16-29(24(17-19)27-21-9-5-3-6-10-21)25(32)14-13-22-18-33-26(28-22)30(20(2)31)23-11-7-4-8-12-23/h4,7-8,11-18,21H,3,5-6,9-10H2,1-2H3/b14-13+,27-24?. The van der Waals surface area contributed by atoms with Crippen molar-refractivity contribution in [1.29, 1.82) is 0 Å². The molecule has 0 aliphatic heterocycles. The van der Waals surface area contributed by atoms with Gasteiger partial charge in [-0.05, 0) is 55.7 Å². The summed E-state index contributed by atoms with van der Waals surface area (Å²) in [5.74, 6) is -0.295. The van der Waals surface area contributed by atoms with Crippen LogP contribution in [0.15, 0.2) is 65.1 Å². The van der Waals surface area contributed by atoms with Gasteiger partial charge in [0, 0.05) is 24.6 Å². The molecule has 4 rings (SSSR count). The molecule has 0 spiro atoms. The highest BCUT2D eigenvalue weighted by Gasteiger charge is 2.17. The number of aryl methyl sites for hydroxylation is 1. The number of carbonyl (C=O) groups excluding carboxylic acids is 2. The maximum Gasteiger partial charge on any atom is 0.256 e. The SMILES string of the molecule is CC(=O)N(c1ccccc1)c1nc(/C=C/C(=O)n2ccc(C)cc2=NC2CCCCC2)cs1. The minimum absolute atomic E-state index is 0.119. The smallest absolute Gasteiger partial charge is 0.256 e. The van der Waals surface area contributed by atoms with E-state index in [1.807, 2.05) is 54.8 Å². The molecule has 0 radical (unpaired) electrons. The van der Waals surface area contributed by atoms with Gasteiger partial charge in [0.05, 0.1) is 17.4 Å². The zero-order valence-corrected chi connectivity index (χ0v) is 19.8. The van der Waals surface area contributed by atoms with Crippen molar-refractivity contribution in [1.82, 2.24) is 9.55 Å². The van der Waals surface area contributed by atoms with Crippen LogP contribution in [0, 0.1) is 6.92 Å². The fraction of sp³-hybridized carbons (Fsp3) is 0.308. The number of hydrogen-bond donors (Lipinski definition) is 0. The molecule has 170 valence electrons. The average molecular weight is 461 g/mol. The summed E-state index contributed by atoms with van der Waals surface area (Å²) in [6.07, 6.45) is 10.8. The molecule has 0 atom stereocenters. The van der Waals surface area contributed by atoms with Crippen molar-refractivity contribution in [2.24, 2.45) is 4.99 Å². The maximum atomic E-state index is 13.0. The first-order valence-corrected chi connectivity index (χ1v) is 12.2. The Morgan fingerprint density at radius 2 is 1.91 bits per heavy atom. The molecule has 1 fully saturated rings. The van der Waals surface area contributed by atoms with E-state index in [0.717, 1.165) is 24.1 Å². The number of rotatable bonds is 5. The van der Waals surface area contributed by atoms with E-state index in [1.165, 1.54) is 43.6 Å². The second kappa shape index (κ2) is 10.5. The van der Waals surface area contributed by atoms with Crippen LogP contribution in [0.1, 0.15) is 55.1 Å². The van der Waals surface area contributed by atoms with E-state index in [1.54, 1.807) is 21.7 Å². The highest BCUT2D eigenvalue weighted by atomic mass is 32.1. The molecule has 1 amide bonds. The van der Waals surface area contributed by atoms with Crippen LogP contribution in [-0.4, -0.2) is 27.4 Å². The zero-order chi connectivity index (χ0) is 23.2. The molecule has 1 saturated carbocycles. The first-order chi connectivity index (χ1) is 16.0. The van der Waals surface area contributed by atoms with Crippen molar-refractivity contribution in [3.05, 3.63) is 76.9 Å². The lowest BCUT2D eigenvalue weighted by molar-refractivity contribution is -0.115. The third-order valence-electron chi connectivity index (χ3n) is 5.64. The van der Waals surface area contributed by atoms with Gasteiger partial charge in [0.2, 0.25) is 5.91 Å². The van der Waals surface area contributed by atoms with E-state index >= 15 is 0 Å². The van der Waals surface area contributed by atoms with Gasteiger partial charge in [0.15, 0.2) is 5.13 Å². The van der Waals surface area contributed by atoms with E-state index in [2.05, 4.69) is 4.98 Å². The summed E-state index contributed by atoms with van der Waals surface area (Å²) in [5, 5.41) is 2.40. The molecule has 0 bridgehead atoms. The van der Waals surface area contributed by atoms with E-state index in [9.17, 15) is 9.59 Å². The van der Waals surface area contributed by atoms with Gasteiger partial charge in [-0.2, -0.15) is 0 Å². The number of aromatic nitrogens is 2. The average Bonchev–Trinajstić information content (AvgIpc) is 3.27. The zero-order valence-electron chi connectivity index (χ0n) is 19.0. The second-order valence-electron chi connectivity index (χ2n) is 8.27. The van der Waals surface area contributed by atoms with Crippen LogP contribution in [0.2, 0.25) is 0 Å². The third-order valence-corrected chi connectivity index (χ3v) is 6.49.